The minimum Gasteiger partial charge on any atom is -0.376 e. The largest absolute Gasteiger partial charge is 0.376 e. The van der Waals surface area contributed by atoms with Gasteiger partial charge in [0.1, 0.15) is 0 Å². The van der Waals surface area contributed by atoms with Crippen LogP contribution in [0, 0.1) is 0 Å². The topological polar surface area (TPSA) is 38.3 Å². The minimum absolute atomic E-state index is 0.0433. The van der Waals surface area contributed by atoms with E-state index in [1.54, 1.807) is 0 Å². The van der Waals surface area contributed by atoms with Crippen LogP contribution in [0.15, 0.2) is 29.2 Å². The molecule has 1 saturated heterocycles. The summed E-state index contributed by atoms with van der Waals surface area (Å²) < 4.78 is 5.51. The van der Waals surface area contributed by atoms with Crippen molar-refractivity contribution in [3.63, 3.8) is 0 Å². The first-order chi connectivity index (χ1) is 8.49. The number of carbonyl (C=O) groups is 1. The highest BCUT2D eigenvalue weighted by Gasteiger charge is 2.38. The summed E-state index contributed by atoms with van der Waals surface area (Å²) in [4.78, 5) is 12.9. The zero-order valence-electron chi connectivity index (χ0n) is 10.8. The molecule has 4 heteroatoms. The van der Waals surface area contributed by atoms with Gasteiger partial charge in [0.2, 0.25) is 5.91 Å². The van der Waals surface area contributed by atoms with Crippen LogP contribution in [0.3, 0.4) is 0 Å². The van der Waals surface area contributed by atoms with Crippen molar-refractivity contribution in [1.29, 1.82) is 0 Å². The van der Waals surface area contributed by atoms with Gasteiger partial charge >= 0.3 is 0 Å². The van der Waals surface area contributed by atoms with Gasteiger partial charge in [-0.05, 0) is 38.0 Å². The molecule has 1 N–H and O–H groups in total. The van der Waals surface area contributed by atoms with E-state index in [0.717, 1.165) is 16.9 Å². The second-order valence-corrected chi connectivity index (χ2v) is 5.59. The molecule has 0 saturated carbocycles. The smallest absolute Gasteiger partial charge is 0.224 e. The SMILES string of the molecule is CC1OCCC1(C)NC(=O)Cc1ccc(S)cc1. The van der Waals surface area contributed by atoms with Crippen molar-refractivity contribution in [3.8, 4) is 0 Å². The molecule has 1 aromatic rings. The summed E-state index contributed by atoms with van der Waals surface area (Å²) in [6, 6.07) is 7.65. The number of carbonyl (C=O) groups excluding carboxylic acids is 1. The first-order valence-electron chi connectivity index (χ1n) is 6.20. The summed E-state index contributed by atoms with van der Waals surface area (Å²) in [5.41, 5.74) is 0.765. The molecule has 0 aromatic heterocycles. The summed E-state index contributed by atoms with van der Waals surface area (Å²) >= 11 is 4.22. The average molecular weight is 265 g/mol. The number of ether oxygens (including phenoxy) is 1. The third kappa shape index (κ3) is 3.06. The number of benzene rings is 1. The molecule has 1 heterocycles. The Morgan fingerprint density at radius 2 is 2.17 bits per heavy atom. The van der Waals surface area contributed by atoms with Crippen molar-refractivity contribution in [2.24, 2.45) is 0 Å². The van der Waals surface area contributed by atoms with Crippen molar-refractivity contribution >= 4 is 18.5 Å². The van der Waals surface area contributed by atoms with Crippen molar-refractivity contribution in [2.45, 2.75) is 43.2 Å². The fourth-order valence-corrected chi connectivity index (χ4v) is 2.31. The van der Waals surface area contributed by atoms with Crippen molar-refractivity contribution in [3.05, 3.63) is 29.8 Å². The Morgan fingerprint density at radius 1 is 1.50 bits per heavy atom. The van der Waals surface area contributed by atoms with Gasteiger partial charge in [0, 0.05) is 11.5 Å². The van der Waals surface area contributed by atoms with Gasteiger partial charge < -0.3 is 10.1 Å². The molecule has 1 amide bonds. The van der Waals surface area contributed by atoms with E-state index in [1.807, 2.05) is 38.1 Å². The van der Waals surface area contributed by atoms with Crippen LogP contribution < -0.4 is 5.32 Å². The highest BCUT2D eigenvalue weighted by molar-refractivity contribution is 7.80. The number of thiol groups is 1. The Kier molecular flexibility index (Phi) is 3.97. The molecule has 3 nitrogen and oxygen atoms in total. The molecule has 1 fully saturated rings. The molecule has 2 unspecified atom stereocenters. The lowest BCUT2D eigenvalue weighted by Crippen LogP contribution is -2.51. The van der Waals surface area contributed by atoms with Gasteiger partial charge in [-0.1, -0.05) is 12.1 Å². The van der Waals surface area contributed by atoms with E-state index >= 15 is 0 Å². The Morgan fingerprint density at radius 3 is 2.72 bits per heavy atom. The van der Waals surface area contributed by atoms with E-state index in [4.69, 9.17) is 4.74 Å². The molecule has 1 aromatic carbocycles. The maximum absolute atomic E-state index is 12.0. The van der Waals surface area contributed by atoms with E-state index in [0.29, 0.717) is 13.0 Å². The zero-order valence-corrected chi connectivity index (χ0v) is 11.7. The van der Waals surface area contributed by atoms with Gasteiger partial charge in [0.25, 0.3) is 0 Å². The summed E-state index contributed by atoms with van der Waals surface area (Å²) in [5.74, 6) is 0.0433. The Bertz CT molecular complexity index is 432. The van der Waals surface area contributed by atoms with Gasteiger partial charge in [-0.2, -0.15) is 0 Å². The second-order valence-electron chi connectivity index (χ2n) is 5.07. The number of nitrogens with one attached hydrogen (secondary N) is 1. The van der Waals surface area contributed by atoms with Crippen molar-refractivity contribution < 1.29 is 9.53 Å². The van der Waals surface area contributed by atoms with Crippen LogP contribution in [0.5, 0.6) is 0 Å². The number of amides is 1. The predicted octanol–water partition coefficient (Wildman–Crippen LogP) is 2.20. The summed E-state index contributed by atoms with van der Waals surface area (Å²) in [5, 5.41) is 3.09. The van der Waals surface area contributed by atoms with E-state index in [9.17, 15) is 4.79 Å². The molecule has 1 aliphatic rings. The maximum Gasteiger partial charge on any atom is 0.224 e. The molecule has 98 valence electrons. The number of hydrogen-bond acceptors (Lipinski definition) is 3. The minimum atomic E-state index is -0.236. The lowest BCUT2D eigenvalue weighted by atomic mass is 9.94. The Hall–Kier alpha value is -1.00. The van der Waals surface area contributed by atoms with Crippen molar-refractivity contribution in [1.82, 2.24) is 5.32 Å². The highest BCUT2D eigenvalue weighted by Crippen LogP contribution is 2.25. The maximum atomic E-state index is 12.0. The van der Waals surface area contributed by atoms with Gasteiger partial charge in [-0.25, -0.2) is 0 Å². The zero-order chi connectivity index (χ0) is 13.2. The lowest BCUT2D eigenvalue weighted by Gasteiger charge is -2.28. The predicted molar refractivity (Wildman–Crippen MR) is 74.0 cm³/mol. The van der Waals surface area contributed by atoms with E-state index in [2.05, 4.69) is 17.9 Å². The fraction of sp³-hybridized carbons (Fsp3) is 0.500. The van der Waals surface area contributed by atoms with Gasteiger partial charge in [-0.15, -0.1) is 12.6 Å². The molecular formula is C14H19NO2S. The van der Waals surface area contributed by atoms with E-state index in [-0.39, 0.29) is 17.6 Å². The standard InChI is InChI=1S/C14H19NO2S/c1-10-14(2,7-8-17-10)15-13(16)9-11-3-5-12(18)6-4-11/h3-6,10,18H,7-9H2,1-2H3,(H,15,16). The van der Waals surface area contributed by atoms with Crippen LogP contribution in [0.1, 0.15) is 25.8 Å². The monoisotopic (exact) mass is 265 g/mol. The van der Waals surface area contributed by atoms with Crippen LogP contribution in [0.25, 0.3) is 0 Å². The first-order valence-corrected chi connectivity index (χ1v) is 6.65. The number of hydrogen-bond donors (Lipinski definition) is 2. The van der Waals surface area contributed by atoms with Gasteiger partial charge in [0.15, 0.2) is 0 Å². The molecule has 2 rings (SSSR count). The third-order valence-electron chi connectivity index (χ3n) is 3.61. The summed E-state index contributed by atoms with van der Waals surface area (Å²) in [6.45, 7) is 4.76. The van der Waals surface area contributed by atoms with E-state index < -0.39 is 0 Å². The van der Waals surface area contributed by atoms with Crippen LogP contribution in [0.4, 0.5) is 0 Å². The first kappa shape index (κ1) is 13.4. The lowest BCUT2D eigenvalue weighted by molar-refractivity contribution is -0.122. The van der Waals surface area contributed by atoms with Crippen LogP contribution >= 0.6 is 12.6 Å². The fourth-order valence-electron chi connectivity index (χ4n) is 2.16. The van der Waals surface area contributed by atoms with Gasteiger partial charge in [0.05, 0.1) is 18.1 Å². The Balaban J connectivity index is 1.94. The molecule has 0 spiro atoms. The Labute approximate surface area is 113 Å². The van der Waals surface area contributed by atoms with E-state index in [1.165, 1.54) is 0 Å². The summed E-state index contributed by atoms with van der Waals surface area (Å²) in [7, 11) is 0. The molecule has 0 radical (unpaired) electrons. The summed E-state index contributed by atoms with van der Waals surface area (Å²) in [6.07, 6.45) is 1.34. The molecule has 0 bridgehead atoms. The molecule has 18 heavy (non-hydrogen) atoms. The average Bonchev–Trinajstić information content (AvgIpc) is 2.62. The van der Waals surface area contributed by atoms with Crippen LogP contribution in [0.2, 0.25) is 0 Å². The van der Waals surface area contributed by atoms with Crippen molar-refractivity contribution in [2.75, 3.05) is 6.61 Å². The second kappa shape index (κ2) is 5.33. The van der Waals surface area contributed by atoms with Crippen LogP contribution in [-0.4, -0.2) is 24.2 Å². The normalized spacial score (nSPS) is 27.2. The highest BCUT2D eigenvalue weighted by atomic mass is 32.1. The molecule has 2 atom stereocenters. The quantitative estimate of drug-likeness (QED) is 0.822. The molecule has 1 aliphatic heterocycles. The number of rotatable bonds is 3. The molecular weight excluding hydrogens is 246 g/mol. The molecule has 0 aliphatic carbocycles. The van der Waals surface area contributed by atoms with Crippen LogP contribution in [-0.2, 0) is 16.0 Å². The third-order valence-corrected chi connectivity index (χ3v) is 3.91. The van der Waals surface area contributed by atoms with Gasteiger partial charge in [-0.3, -0.25) is 4.79 Å².